The minimum absolute atomic E-state index is 1.30. The van der Waals surface area contributed by atoms with E-state index in [-0.39, 0.29) is 0 Å². The van der Waals surface area contributed by atoms with Crippen LogP contribution in [0.4, 0.5) is 0 Å². The van der Waals surface area contributed by atoms with Crippen molar-refractivity contribution < 1.29 is 0 Å². The molecule has 0 saturated heterocycles. The van der Waals surface area contributed by atoms with E-state index in [2.05, 4.69) is 9.24 Å². The maximum Gasteiger partial charge on any atom is 0.00322 e. The predicted molar refractivity (Wildman–Crippen MR) is 29.3 cm³/mol. The van der Waals surface area contributed by atoms with Crippen LogP contribution in [0.2, 0.25) is 6.04 Å². The SMILES string of the molecule is [SiH3]CCP. The van der Waals surface area contributed by atoms with Crippen LogP contribution in [0.5, 0.6) is 0 Å². The highest BCUT2D eigenvalue weighted by atomic mass is 31.0. The topological polar surface area (TPSA) is 0 Å². The average Bonchev–Trinajstić information content (AvgIpc) is 1.37. The number of rotatable bonds is 1. The fourth-order valence-corrected chi connectivity index (χ4v) is 0. The monoisotopic (exact) mass is 92.0 g/mol. The van der Waals surface area contributed by atoms with Gasteiger partial charge in [0.05, 0.1) is 0 Å². The Labute approximate surface area is 32.6 Å². The largest absolute Gasteiger partial charge is 0.138 e. The highest BCUT2D eigenvalue weighted by molar-refractivity contribution is 7.16. The minimum Gasteiger partial charge on any atom is -0.138 e. The summed E-state index contributed by atoms with van der Waals surface area (Å²) in [5, 5.41) is 0. The number of hydrogen-bond acceptors (Lipinski definition) is 0. The van der Waals surface area contributed by atoms with Gasteiger partial charge in [-0.2, -0.15) is 0 Å². The molecule has 1 unspecified atom stereocenters. The second-order valence-corrected chi connectivity index (χ2v) is 2.37. The molecule has 0 bridgehead atoms. The van der Waals surface area contributed by atoms with Gasteiger partial charge in [-0.25, -0.2) is 0 Å². The maximum atomic E-state index is 2.69. The van der Waals surface area contributed by atoms with Crippen molar-refractivity contribution in [1.82, 2.24) is 0 Å². The van der Waals surface area contributed by atoms with Crippen LogP contribution in [0, 0.1) is 0 Å². The van der Waals surface area contributed by atoms with Crippen molar-refractivity contribution in [2.24, 2.45) is 0 Å². The Bertz CT molecular complexity index is 8.00. The van der Waals surface area contributed by atoms with Crippen LogP contribution >= 0.6 is 9.24 Å². The summed E-state index contributed by atoms with van der Waals surface area (Å²) < 4.78 is 0. The Balaban J connectivity index is 1.97. The van der Waals surface area contributed by atoms with Crippen LogP contribution < -0.4 is 0 Å². The molecule has 4 heavy (non-hydrogen) atoms. The van der Waals surface area contributed by atoms with Gasteiger partial charge in [-0.05, 0) is 6.16 Å². The Hall–Kier alpha value is 0.647. The molecule has 0 aromatic rings. The van der Waals surface area contributed by atoms with Crippen LogP contribution in [0.15, 0.2) is 0 Å². The first-order chi connectivity index (χ1) is 1.91. The quantitative estimate of drug-likeness (QED) is 0.306. The maximum absolute atomic E-state index is 2.69. The van der Waals surface area contributed by atoms with E-state index in [1.54, 1.807) is 0 Å². The van der Waals surface area contributed by atoms with Crippen LogP contribution in [-0.4, -0.2) is 16.4 Å². The lowest BCUT2D eigenvalue weighted by Gasteiger charge is -1.67. The Kier molecular flexibility index (Phi) is 4.24. The minimum atomic E-state index is 1.30. The molecule has 0 saturated carbocycles. The second-order valence-electron chi connectivity index (χ2n) is 0.789. The van der Waals surface area contributed by atoms with Crippen LogP contribution in [0.3, 0.4) is 0 Å². The Morgan fingerprint density at radius 1 is 1.75 bits per heavy atom. The fraction of sp³-hybridized carbons (Fsp3) is 1.00. The summed E-state index contributed by atoms with van der Waals surface area (Å²) in [5.41, 5.74) is 0. The normalized spacial score (nSPS) is 8.25. The molecule has 0 spiro atoms. The lowest BCUT2D eigenvalue weighted by Crippen LogP contribution is -1.60. The van der Waals surface area contributed by atoms with Crippen molar-refractivity contribution in [3.63, 3.8) is 0 Å². The first kappa shape index (κ1) is 4.65. The third-order valence-corrected chi connectivity index (χ3v) is 2.60. The molecule has 26 valence electrons. The molecule has 0 rings (SSSR count). The predicted octanol–water partition coefficient (Wildman–Crippen LogP) is -0.355. The van der Waals surface area contributed by atoms with Crippen molar-refractivity contribution in [2.75, 3.05) is 6.16 Å². The molecule has 0 aliphatic heterocycles. The van der Waals surface area contributed by atoms with Crippen molar-refractivity contribution in [3.8, 4) is 0 Å². The van der Waals surface area contributed by atoms with E-state index in [1.165, 1.54) is 22.4 Å². The van der Waals surface area contributed by atoms with Gasteiger partial charge in [-0.3, -0.25) is 0 Å². The number of hydrogen-bond donors (Lipinski definition) is 0. The van der Waals surface area contributed by atoms with Crippen molar-refractivity contribution >= 4 is 19.5 Å². The van der Waals surface area contributed by atoms with Crippen LogP contribution in [0.1, 0.15) is 0 Å². The van der Waals surface area contributed by atoms with Gasteiger partial charge >= 0.3 is 0 Å². The smallest absolute Gasteiger partial charge is 0.00322 e. The van der Waals surface area contributed by atoms with Gasteiger partial charge in [-0.1, -0.05) is 6.04 Å². The van der Waals surface area contributed by atoms with E-state index < -0.39 is 0 Å². The molecular formula is C2H9PSi. The molecule has 0 aliphatic rings. The molecule has 0 aliphatic carbocycles. The summed E-state index contributed by atoms with van der Waals surface area (Å²) in [6, 6.07) is 1.42. The van der Waals surface area contributed by atoms with Gasteiger partial charge in [0.2, 0.25) is 0 Å². The molecule has 0 aromatic carbocycles. The third kappa shape index (κ3) is 2.65. The summed E-state index contributed by atoms with van der Waals surface area (Å²) >= 11 is 0. The summed E-state index contributed by atoms with van der Waals surface area (Å²) in [6.07, 6.45) is 1.30. The van der Waals surface area contributed by atoms with E-state index in [4.69, 9.17) is 0 Å². The summed E-state index contributed by atoms with van der Waals surface area (Å²) in [6.45, 7) is 0. The van der Waals surface area contributed by atoms with Gasteiger partial charge < -0.3 is 0 Å². The molecular weight excluding hydrogens is 83.1 g/mol. The van der Waals surface area contributed by atoms with E-state index in [0.717, 1.165) is 0 Å². The first-order valence-corrected chi connectivity index (χ1v) is 3.85. The highest BCUT2D eigenvalue weighted by Crippen LogP contribution is 1.78. The van der Waals surface area contributed by atoms with Crippen molar-refractivity contribution in [1.29, 1.82) is 0 Å². The zero-order valence-electron chi connectivity index (χ0n) is 2.99. The molecule has 1 atom stereocenters. The summed E-state index contributed by atoms with van der Waals surface area (Å²) in [7, 11) is 4.06. The summed E-state index contributed by atoms with van der Waals surface area (Å²) in [4.78, 5) is 0. The lowest BCUT2D eigenvalue weighted by atomic mass is 11.0. The standard InChI is InChI=1S/C2H9PSi/c3-1-2-4/h1-3H2,4H3. The molecule has 0 radical (unpaired) electrons. The van der Waals surface area contributed by atoms with E-state index >= 15 is 0 Å². The van der Waals surface area contributed by atoms with E-state index in [9.17, 15) is 0 Å². The van der Waals surface area contributed by atoms with Gasteiger partial charge in [-0.15, -0.1) is 9.24 Å². The average molecular weight is 92.2 g/mol. The van der Waals surface area contributed by atoms with Crippen LogP contribution in [0.25, 0.3) is 0 Å². The molecule has 0 fully saturated rings. The zero-order chi connectivity index (χ0) is 3.41. The van der Waals surface area contributed by atoms with Crippen molar-refractivity contribution in [2.45, 2.75) is 6.04 Å². The highest BCUT2D eigenvalue weighted by Gasteiger charge is 1.56. The molecule has 0 amide bonds. The second kappa shape index (κ2) is 3.65. The molecule has 0 aromatic heterocycles. The van der Waals surface area contributed by atoms with Crippen LogP contribution in [-0.2, 0) is 0 Å². The van der Waals surface area contributed by atoms with E-state index in [1.807, 2.05) is 0 Å². The van der Waals surface area contributed by atoms with E-state index in [0.29, 0.717) is 0 Å². The van der Waals surface area contributed by atoms with Gasteiger partial charge in [0, 0.05) is 10.2 Å². The fourth-order valence-electron chi connectivity index (χ4n) is 0. The zero-order valence-corrected chi connectivity index (χ0v) is 6.15. The Morgan fingerprint density at radius 3 is 2.00 bits per heavy atom. The molecule has 0 nitrogen and oxygen atoms in total. The molecule has 2 heteroatoms. The first-order valence-electron chi connectivity index (χ1n) is 1.62. The Morgan fingerprint density at radius 2 is 2.00 bits per heavy atom. The van der Waals surface area contributed by atoms with Gasteiger partial charge in [0.25, 0.3) is 0 Å². The molecule has 0 N–H and O–H groups in total. The van der Waals surface area contributed by atoms with Gasteiger partial charge in [0.1, 0.15) is 0 Å². The summed E-state index contributed by atoms with van der Waals surface area (Å²) in [5.74, 6) is 0. The third-order valence-electron chi connectivity index (χ3n) is 0.289. The van der Waals surface area contributed by atoms with Gasteiger partial charge in [0.15, 0.2) is 0 Å². The lowest BCUT2D eigenvalue weighted by molar-refractivity contribution is 1.51. The van der Waals surface area contributed by atoms with Crippen molar-refractivity contribution in [3.05, 3.63) is 0 Å². The molecule has 0 heterocycles.